The van der Waals surface area contributed by atoms with Gasteiger partial charge in [-0.05, 0) is 38.4 Å². The summed E-state index contributed by atoms with van der Waals surface area (Å²) in [6, 6.07) is 2.76. The molecule has 0 aromatic carbocycles. The summed E-state index contributed by atoms with van der Waals surface area (Å²) >= 11 is 7.71. The Bertz CT molecular complexity index is 325. The molecule has 0 amide bonds. The fraction of sp³-hybridized carbons (Fsp3) is 0.667. The van der Waals surface area contributed by atoms with Gasteiger partial charge in [-0.3, -0.25) is 4.90 Å². The first kappa shape index (κ1) is 12.4. The second-order valence-electron chi connectivity index (χ2n) is 4.43. The van der Waals surface area contributed by atoms with E-state index in [0.717, 1.165) is 24.5 Å². The molecule has 2 rings (SSSR count). The topological polar surface area (TPSA) is 29.3 Å². The molecule has 4 heteroatoms. The summed E-state index contributed by atoms with van der Waals surface area (Å²) in [4.78, 5) is 3.94. The summed E-state index contributed by atoms with van der Waals surface area (Å²) in [5.41, 5.74) is 5.67. The van der Waals surface area contributed by atoms with E-state index < -0.39 is 0 Å². The van der Waals surface area contributed by atoms with Crippen molar-refractivity contribution in [1.82, 2.24) is 4.90 Å². The van der Waals surface area contributed by atoms with Gasteiger partial charge in [0.1, 0.15) is 0 Å². The van der Waals surface area contributed by atoms with Crippen LogP contribution in [-0.4, -0.2) is 24.0 Å². The van der Waals surface area contributed by atoms with Gasteiger partial charge in [0, 0.05) is 22.8 Å². The number of nitrogens with zero attached hydrogens (tertiary/aromatic N) is 1. The van der Waals surface area contributed by atoms with E-state index in [2.05, 4.69) is 11.0 Å². The molecule has 1 fully saturated rings. The lowest BCUT2D eigenvalue weighted by Crippen LogP contribution is -2.39. The van der Waals surface area contributed by atoms with Crippen molar-refractivity contribution in [1.29, 1.82) is 0 Å². The van der Waals surface area contributed by atoms with Gasteiger partial charge in [-0.15, -0.1) is 11.3 Å². The summed E-state index contributed by atoms with van der Waals surface area (Å²) in [5, 5.41) is 2.88. The zero-order valence-electron chi connectivity index (χ0n) is 9.49. The van der Waals surface area contributed by atoms with Crippen LogP contribution in [0, 0.1) is 0 Å². The van der Waals surface area contributed by atoms with Crippen molar-refractivity contribution >= 4 is 22.9 Å². The molecule has 1 saturated heterocycles. The van der Waals surface area contributed by atoms with E-state index in [1.807, 2.05) is 5.38 Å². The predicted molar refractivity (Wildman–Crippen MR) is 71.0 cm³/mol. The molecule has 0 aliphatic carbocycles. The van der Waals surface area contributed by atoms with Crippen molar-refractivity contribution in [2.45, 2.75) is 38.3 Å². The molecule has 2 N–H and O–H groups in total. The average molecular weight is 259 g/mol. The zero-order valence-corrected chi connectivity index (χ0v) is 11.1. The maximum absolute atomic E-state index is 5.95. The van der Waals surface area contributed by atoms with Crippen LogP contribution in [0.2, 0.25) is 5.02 Å². The molecule has 1 aliphatic heterocycles. The van der Waals surface area contributed by atoms with Crippen LogP contribution in [0.5, 0.6) is 0 Å². The average Bonchev–Trinajstić information content (AvgIpc) is 2.67. The van der Waals surface area contributed by atoms with Gasteiger partial charge in [0.05, 0.1) is 5.02 Å². The quantitative estimate of drug-likeness (QED) is 0.899. The molecule has 1 aliphatic rings. The summed E-state index contributed by atoms with van der Waals surface area (Å²) in [6.45, 7) is 3.05. The van der Waals surface area contributed by atoms with Crippen LogP contribution < -0.4 is 5.73 Å². The Morgan fingerprint density at radius 1 is 1.50 bits per heavy atom. The van der Waals surface area contributed by atoms with E-state index in [9.17, 15) is 0 Å². The van der Waals surface area contributed by atoms with Gasteiger partial charge in [0.2, 0.25) is 0 Å². The van der Waals surface area contributed by atoms with Crippen molar-refractivity contribution in [3.63, 3.8) is 0 Å². The number of nitrogens with two attached hydrogens (primary N) is 1. The molecule has 90 valence electrons. The molecule has 0 spiro atoms. The molecule has 0 saturated carbocycles. The van der Waals surface area contributed by atoms with Crippen molar-refractivity contribution < 1.29 is 0 Å². The van der Waals surface area contributed by atoms with E-state index in [-0.39, 0.29) is 0 Å². The van der Waals surface area contributed by atoms with Gasteiger partial charge in [0.25, 0.3) is 0 Å². The smallest absolute Gasteiger partial charge is 0.0516 e. The highest BCUT2D eigenvalue weighted by atomic mass is 35.5. The standard InChI is InChI=1S/C12H19ClN2S/c13-10-7-12(16-9-10)8-15-6-2-1-3-11(15)4-5-14/h7,9,11H,1-6,8,14H2. The van der Waals surface area contributed by atoms with E-state index in [0.29, 0.717) is 6.04 Å². The van der Waals surface area contributed by atoms with Crippen molar-refractivity contribution in [3.8, 4) is 0 Å². The number of piperidine rings is 1. The summed E-state index contributed by atoms with van der Waals surface area (Å²) in [5.74, 6) is 0. The van der Waals surface area contributed by atoms with Gasteiger partial charge >= 0.3 is 0 Å². The first-order chi connectivity index (χ1) is 7.79. The molecule has 1 aromatic heterocycles. The first-order valence-corrected chi connectivity index (χ1v) is 7.22. The highest BCUT2D eigenvalue weighted by Crippen LogP contribution is 2.25. The second kappa shape index (κ2) is 6.01. The van der Waals surface area contributed by atoms with Gasteiger partial charge in [-0.2, -0.15) is 0 Å². The number of likely N-dealkylation sites (tertiary alicyclic amines) is 1. The lowest BCUT2D eigenvalue weighted by molar-refractivity contribution is 0.135. The number of halogens is 1. The van der Waals surface area contributed by atoms with Gasteiger partial charge in [-0.25, -0.2) is 0 Å². The Balaban J connectivity index is 1.95. The van der Waals surface area contributed by atoms with Crippen molar-refractivity contribution in [2.24, 2.45) is 5.73 Å². The molecular weight excluding hydrogens is 240 g/mol. The largest absolute Gasteiger partial charge is 0.330 e. The number of rotatable bonds is 4. The number of thiophene rings is 1. The Kier molecular flexibility index (Phi) is 4.65. The van der Waals surface area contributed by atoms with E-state index in [1.54, 1.807) is 11.3 Å². The minimum Gasteiger partial charge on any atom is -0.330 e. The van der Waals surface area contributed by atoms with E-state index >= 15 is 0 Å². The summed E-state index contributed by atoms with van der Waals surface area (Å²) in [6.07, 6.45) is 5.10. The van der Waals surface area contributed by atoms with Crippen LogP contribution in [-0.2, 0) is 6.54 Å². The molecule has 0 bridgehead atoms. The van der Waals surface area contributed by atoms with E-state index in [4.69, 9.17) is 17.3 Å². The maximum Gasteiger partial charge on any atom is 0.0516 e. The van der Waals surface area contributed by atoms with Crippen molar-refractivity contribution in [2.75, 3.05) is 13.1 Å². The normalized spacial score (nSPS) is 22.5. The molecule has 16 heavy (non-hydrogen) atoms. The molecule has 2 nitrogen and oxygen atoms in total. The maximum atomic E-state index is 5.95. The third-order valence-electron chi connectivity index (χ3n) is 3.23. The molecular formula is C12H19ClN2S. The van der Waals surface area contributed by atoms with Crippen LogP contribution in [0.15, 0.2) is 11.4 Å². The molecule has 1 atom stereocenters. The highest BCUT2D eigenvalue weighted by molar-refractivity contribution is 7.10. The van der Waals surface area contributed by atoms with Crippen LogP contribution in [0.4, 0.5) is 0 Å². The van der Waals surface area contributed by atoms with Crippen LogP contribution in [0.25, 0.3) is 0 Å². The Labute approximate surface area is 106 Å². The Morgan fingerprint density at radius 3 is 3.06 bits per heavy atom. The number of hydrogen-bond donors (Lipinski definition) is 1. The molecule has 0 radical (unpaired) electrons. The zero-order chi connectivity index (χ0) is 11.4. The number of hydrogen-bond acceptors (Lipinski definition) is 3. The van der Waals surface area contributed by atoms with Crippen LogP contribution in [0.3, 0.4) is 0 Å². The van der Waals surface area contributed by atoms with Gasteiger partial charge < -0.3 is 5.73 Å². The Hall–Kier alpha value is -0.0900. The third-order valence-corrected chi connectivity index (χ3v) is 4.50. The minimum atomic E-state index is 0.680. The van der Waals surface area contributed by atoms with Gasteiger partial charge in [-0.1, -0.05) is 18.0 Å². The third kappa shape index (κ3) is 3.20. The Morgan fingerprint density at radius 2 is 2.38 bits per heavy atom. The minimum absolute atomic E-state index is 0.680. The summed E-state index contributed by atoms with van der Waals surface area (Å²) in [7, 11) is 0. The molecule has 2 heterocycles. The van der Waals surface area contributed by atoms with Crippen LogP contribution >= 0.6 is 22.9 Å². The SMILES string of the molecule is NCCC1CCCCN1Cc1cc(Cl)cs1. The highest BCUT2D eigenvalue weighted by Gasteiger charge is 2.21. The monoisotopic (exact) mass is 258 g/mol. The van der Waals surface area contributed by atoms with Crippen molar-refractivity contribution in [3.05, 3.63) is 21.3 Å². The van der Waals surface area contributed by atoms with Gasteiger partial charge in [0.15, 0.2) is 0 Å². The first-order valence-electron chi connectivity index (χ1n) is 5.96. The van der Waals surface area contributed by atoms with Crippen LogP contribution in [0.1, 0.15) is 30.6 Å². The fourth-order valence-electron chi connectivity index (χ4n) is 2.42. The summed E-state index contributed by atoms with van der Waals surface area (Å²) < 4.78 is 0. The lowest BCUT2D eigenvalue weighted by atomic mass is 9.99. The lowest BCUT2D eigenvalue weighted by Gasteiger charge is -2.35. The molecule has 1 unspecified atom stereocenters. The fourth-order valence-corrected chi connectivity index (χ4v) is 3.52. The molecule has 1 aromatic rings. The second-order valence-corrected chi connectivity index (χ2v) is 5.86. The predicted octanol–water partition coefficient (Wildman–Crippen LogP) is 3.10. The van der Waals surface area contributed by atoms with E-state index in [1.165, 1.54) is 30.7 Å².